The summed E-state index contributed by atoms with van der Waals surface area (Å²) in [5.74, 6) is -1.41. The average molecular weight is 353 g/mol. The molecule has 7 nitrogen and oxygen atoms in total. The van der Waals surface area contributed by atoms with Crippen molar-refractivity contribution in [1.29, 1.82) is 0 Å². The fraction of sp³-hybridized carbons (Fsp3) is 0.316. The summed E-state index contributed by atoms with van der Waals surface area (Å²) in [7, 11) is 0. The third kappa shape index (κ3) is 3.08. The van der Waals surface area contributed by atoms with Crippen LogP contribution in [0.3, 0.4) is 0 Å². The molecule has 0 bridgehead atoms. The Kier molecular flexibility index (Phi) is 4.20. The minimum atomic E-state index is -0.539. The van der Waals surface area contributed by atoms with Crippen LogP contribution in [0.2, 0.25) is 0 Å². The van der Waals surface area contributed by atoms with Crippen molar-refractivity contribution in [3.8, 4) is 0 Å². The van der Waals surface area contributed by atoms with Gasteiger partial charge < -0.3 is 9.32 Å². The molecule has 134 valence electrons. The summed E-state index contributed by atoms with van der Waals surface area (Å²) in [4.78, 5) is 38.1. The van der Waals surface area contributed by atoms with E-state index in [-0.39, 0.29) is 24.0 Å². The number of nitrogens with zero attached hydrogens (tertiary/aromatic N) is 1. The van der Waals surface area contributed by atoms with Gasteiger partial charge in [0, 0.05) is 18.7 Å². The number of nitrogens with one attached hydrogen (secondary N) is 2. The van der Waals surface area contributed by atoms with Gasteiger partial charge in [0.1, 0.15) is 0 Å². The molecule has 2 aromatic rings. The normalized spacial score (nSPS) is 18.7. The highest BCUT2D eigenvalue weighted by molar-refractivity contribution is 6.01. The van der Waals surface area contributed by atoms with Gasteiger partial charge in [-0.3, -0.25) is 25.2 Å². The molecule has 1 aromatic carbocycles. The molecule has 1 atom stereocenters. The standard InChI is InChI=1S/C19H19N3O4/c23-17-10-14(18(24)20-21-19(25)16-5-2-8-26-16)11-22(17)15-7-6-12-3-1-4-13(12)9-15/h2,5-9,14H,1,3-4,10-11H2,(H,20,24)(H,21,25). The van der Waals surface area contributed by atoms with E-state index in [1.54, 1.807) is 11.0 Å². The molecule has 1 saturated heterocycles. The maximum absolute atomic E-state index is 12.4. The first kappa shape index (κ1) is 16.4. The summed E-state index contributed by atoms with van der Waals surface area (Å²) in [5.41, 5.74) is 8.14. The SMILES string of the molecule is O=C(NNC(=O)C1CC(=O)N(c2ccc3c(c2)CCC3)C1)c1ccco1. The van der Waals surface area contributed by atoms with Crippen LogP contribution >= 0.6 is 0 Å². The second-order valence-corrected chi connectivity index (χ2v) is 6.63. The van der Waals surface area contributed by atoms with Gasteiger partial charge in [-0.05, 0) is 54.7 Å². The number of hydrogen-bond acceptors (Lipinski definition) is 4. The van der Waals surface area contributed by atoms with Crippen LogP contribution in [0, 0.1) is 5.92 Å². The number of carbonyl (C=O) groups is 3. The topological polar surface area (TPSA) is 91.7 Å². The molecule has 1 unspecified atom stereocenters. The van der Waals surface area contributed by atoms with Crippen LogP contribution in [0.4, 0.5) is 5.69 Å². The summed E-state index contributed by atoms with van der Waals surface area (Å²) in [6.45, 7) is 0.306. The number of aryl methyl sites for hydroxylation is 2. The van der Waals surface area contributed by atoms with Crippen molar-refractivity contribution in [3.63, 3.8) is 0 Å². The van der Waals surface area contributed by atoms with E-state index in [2.05, 4.69) is 23.0 Å². The fourth-order valence-corrected chi connectivity index (χ4v) is 3.55. The molecular formula is C19H19N3O4. The van der Waals surface area contributed by atoms with E-state index in [1.807, 2.05) is 6.07 Å². The van der Waals surface area contributed by atoms with Crippen LogP contribution in [0.25, 0.3) is 0 Å². The molecule has 2 aliphatic rings. The van der Waals surface area contributed by atoms with Gasteiger partial charge in [0.15, 0.2) is 5.76 Å². The fourth-order valence-electron chi connectivity index (χ4n) is 3.55. The Morgan fingerprint density at radius 2 is 1.96 bits per heavy atom. The van der Waals surface area contributed by atoms with Gasteiger partial charge in [0.2, 0.25) is 11.8 Å². The number of hydrogen-bond donors (Lipinski definition) is 2. The zero-order chi connectivity index (χ0) is 18.1. The first-order valence-electron chi connectivity index (χ1n) is 8.67. The van der Waals surface area contributed by atoms with E-state index in [4.69, 9.17) is 4.42 Å². The van der Waals surface area contributed by atoms with E-state index in [0.29, 0.717) is 6.54 Å². The maximum Gasteiger partial charge on any atom is 0.305 e. The predicted molar refractivity (Wildman–Crippen MR) is 93.2 cm³/mol. The van der Waals surface area contributed by atoms with Crippen molar-refractivity contribution in [2.75, 3.05) is 11.4 Å². The number of fused-ring (bicyclic) bond motifs is 1. The highest BCUT2D eigenvalue weighted by atomic mass is 16.3. The van der Waals surface area contributed by atoms with Crippen LogP contribution in [0.15, 0.2) is 41.0 Å². The summed E-state index contributed by atoms with van der Waals surface area (Å²) in [5, 5.41) is 0. The molecule has 1 aromatic heterocycles. The zero-order valence-electron chi connectivity index (χ0n) is 14.2. The van der Waals surface area contributed by atoms with Gasteiger partial charge in [0.05, 0.1) is 12.2 Å². The van der Waals surface area contributed by atoms with Crippen LogP contribution in [0.5, 0.6) is 0 Å². The summed E-state index contributed by atoms with van der Waals surface area (Å²) < 4.78 is 4.96. The van der Waals surface area contributed by atoms with Crippen molar-refractivity contribution in [3.05, 3.63) is 53.5 Å². The first-order valence-corrected chi connectivity index (χ1v) is 8.67. The number of rotatable bonds is 3. The van der Waals surface area contributed by atoms with E-state index in [0.717, 1.165) is 24.9 Å². The molecule has 26 heavy (non-hydrogen) atoms. The number of amides is 3. The van der Waals surface area contributed by atoms with E-state index >= 15 is 0 Å². The molecule has 3 amide bonds. The van der Waals surface area contributed by atoms with Gasteiger partial charge in [-0.2, -0.15) is 0 Å². The minimum Gasteiger partial charge on any atom is -0.459 e. The third-order valence-corrected chi connectivity index (χ3v) is 4.93. The third-order valence-electron chi connectivity index (χ3n) is 4.93. The van der Waals surface area contributed by atoms with Gasteiger partial charge in [-0.1, -0.05) is 6.07 Å². The first-order chi connectivity index (χ1) is 12.6. The Balaban J connectivity index is 1.38. The van der Waals surface area contributed by atoms with Gasteiger partial charge in [0.25, 0.3) is 0 Å². The van der Waals surface area contributed by atoms with E-state index in [1.165, 1.54) is 23.5 Å². The predicted octanol–water partition coefficient (Wildman–Crippen LogP) is 1.58. The monoisotopic (exact) mass is 353 g/mol. The lowest BCUT2D eigenvalue weighted by molar-refractivity contribution is -0.126. The Bertz CT molecular complexity index is 860. The van der Waals surface area contributed by atoms with Crippen molar-refractivity contribution >= 4 is 23.4 Å². The van der Waals surface area contributed by atoms with Crippen LogP contribution in [-0.4, -0.2) is 24.3 Å². The van der Waals surface area contributed by atoms with Crippen LogP contribution < -0.4 is 15.8 Å². The summed E-state index contributed by atoms with van der Waals surface area (Å²) in [6, 6.07) is 9.15. The highest BCUT2D eigenvalue weighted by Crippen LogP contribution is 2.30. The Morgan fingerprint density at radius 3 is 2.77 bits per heavy atom. The smallest absolute Gasteiger partial charge is 0.305 e. The highest BCUT2D eigenvalue weighted by Gasteiger charge is 2.35. The zero-order valence-corrected chi connectivity index (χ0v) is 14.2. The van der Waals surface area contributed by atoms with Crippen molar-refractivity contribution in [1.82, 2.24) is 10.9 Å². The summed E-state index contributed by atoms with van der Waals surface area (Å²) >= 11 is 0. The lowest BCUT2D eigenvalue weighted by Crippen LogP contribution is -2.45. The Labute approximate surface area is 150 Å². The molecule has 1 fully saturated rings. The molecule has 0 saturated carbocycles. The average Bonchev–Trinajstić information content (AvgIpc) is 3.38. The lowest BCUT2D eigenvalue weighted by Gasteiger charge is -2.18. The molecule has 0 spiro atoms. The van der Waals surface area contributed by atoms with Crippen molar-refractivity contribution in [2.24, 2.45) is 5.92 Å². The second-order valence-electron chi connectivity index (χ2n) is 6.63. The quantitative estimate of drug-likeness (QED) is 0.820. The number of carbonyl (C=O) groups excluding carboxylic acids is 3. The molecular weight excluding hydrogens is 334 g/mol. The number of benzene rings is 1. The molecule has 7 heteroatoms. The minimum absolute atomic E-state index is 0.0829. The second kappa shape index (κ2) is 6.67. The lowest BCUT2D eigenvalue weighted by atomic mass is 10.1. The number of anilines is 1. The summed E-state index contributed by atoms with van der Waals surface area (Å²) in [6.07, 6.45) is 4.77. The molecule has 1 aliphatic heterocycles. The molecule has 4 rings (SSSR count). The van der Waals surface area contributed by atoms with Gasteiger partial charge >= 0.3 is 5.91 Å². The van der Waals surface area contributed by atoms with Crippen molar-refractivity contribution in [2.45, 2.75) is 25.7 Å². The number of hydrazine groups is 1. The van der Waals surface area contributed by atoms with Crippen molar-refractivity contribution < 1.29 is 18.8 Å². The van der Waals surface area contributed by atoms with Crippen LogP contribution in [0.1, 0.15) is 34.5 Å². The largest absolute Gasteiger partial charge is 0.459 e. The van der Waals surface area contributed by atoms with Gasteiger partial charge in [-0.15, -0.1) is 0 Å². The van der Waals surface area contributed by atoms with Gasteiger partial charge in [-0.25, -0.2) is 0 Å². The van der Waals surface area contributed by atoms with E-state index < -0.39 is 11.8 Å². The maximum atomic E-state index is 12.4. The van der Waals surface area contributed by atoms with E-state index in [9.17, 15) is 14.4 Å². The molecule has 1 aliphatic carbocycles. The van der Waals surface area contributed by atoms with Crippen LogP contribution in [-0.2, 0) is 22.4 Å². The molecule has 0 radical (unpaired) electrons. The Morgan fingerprint density at radius 1 is 1.12 bits per heavy atom. The molecule has 2 heterocycles. The number of furan rings is 1. The Hall–Kier alpha value is -3.09. The molecule has 2 N–H and O–H groups in total.